The molecule has 0 aliphatic heterocycles. The van der Waals surface area contributed by atoms with Crippen molar-refractivity contribution in [3.63, 3.8) is 0 Å². The molecule has 0 spiro atoms. The molecule has 160 valence electrons. The Hall–Kier alpha value is -2.63. The van der Waals surface area contributed by atoms with Crippen molar-refractivity contribution in [2.75, 3.05) is 32.5 Å². The summed E-state index contributed by atoms with van der Waals surface area (Å²) in [6.45, 7) is 10.4. The van der Waals surface area contributed by atoms with Crippen LogP contribution in [0.15, 0.2) is 54.7 Å². The summed E-state index contributed by atoms with van der Waals surface area (Å²) in [4.78, 5) is 17.3. The third kappa shape index (κ3) is 5.49. The number of benzene rings is 2. The van der Waals surface area contributed by atoms with Crippen molar-refractivity contribution >= 4 is 22.5 Å². The molecular weight excluding hydrogens is 372 g/mol. The average Bonchev–Trinajstić information content (AvgIpc) is 3.12. The fourth-order valence-electron chi connectivity index (χ4n) is 3.64. The summed E-state index contributed by atoms with van der Waals surface area (Å²) in [6, 6.07) is 16.6. The molecule has 1 amide bonds. The molecular formula is C25H34N4O. The number of hydrogen-bond acceptors (Lipinski definition) is 3. The Bertz CT molecular complexity index is 972. The summed E-state index contributed by atoms with van der Waals surface area (Å²) in [5.74, 6) is -0.0795. The molecule has 0 radical (unpaired) electrons. The molecule has 0 saturated carbocycles. The second kappa shape index (κ2) is 9.92. The van der Waals surface area contributed by atoms with Gasteiger partial charge in [0, 0.05) is 54.0 Å². The van der Waals surface area contributed by atoms with Gasteiger partial charge in [-0.2, -0.15) is 0 Å². The summed E-state index contributed by atoms with van der Waals surface area (Å²) in [5.41, 5.74) is 3.90. The molecule has 0 unspecified atom stereocenters. The zero-order valence-corrected chi connectivity index (χ0v) is 18.9. The Morgan fingerprint density at radius 3 is 2.43 bits per heavy atom. The predicted octanol–water partition coefficient (Wildman–Crippen LogP) is 4.69. The van der Waals surface area contributed by atoms with Gasteiger partial charge < -0.3 is 14.8 Å². The molecule has 5 nitrogen and oxygen atoms in total. The Labute approximate surface area is 180 Å². The Balaban J connectivity index is 1.66. The Morgan fingerprint density at radius 1 is 1.07 bits per heavy atom. The van der Waals surface area contributed by atoms with Crippen LogP contribution in [0, 0.1) is 0 Å². The van der Waals surface area contributed by atoms with Crippen molar-refractivity contribution in [3.8, 4) is 0 Å². The second-order valence-corrected chi connectivity index (χ2v) is 8.39. The molecule has 1 heterocycles. The summed E-state index contributed by atoms with van der Waals surface area (Å²) in [6.07, 6.45) is 2.11. The number of amides is 1. The molecule has 0 aliphatic carbocycles. The maximum absolute atomic E-state index is 12.7. The van der Waals surface area contributed by atoms with Gasteiger partial charge in [-0.1, -0.05) is 19.1 Å². The molecule has 0 bridgehead atoms. The molecule has 0 aliphatic rings. The number of nitrogens with one attached hydrogen (secondary N) is 1. The smallest absolute Gasteiger partial charge is 0.255 e. The van der Waals surface area contributed by atoms with Gasteiger partial charge in [0.15, 0.2) is 0 Å². The summed E-state index contributed by atoms with van der Waals surface area (Å²) < 4.78 is 2.25. The average molecular weight is 407 g/mol. The first-order valence-corrected chi connectivity index (χ1v) is 10.8. The van der Waals surface area contributed by atoms with Crippen LogP contribution in [-0.2, 0) is 13.1 Å². The van der Waals surface area contributed by atoms with Gasteiger partial charge in [0.05, 0.1) is 0 Å². The molecule has 30 heavy (non-hydrogen) atoms. The number of aromatic nitrogens is 1. The maximum atomic E-state index is 12.7. The maximum Gasteiger partial charge on any atom is 0.255 e. The van der Waals surface area contributed by atoms with E-state index in [0.717, 1.165) is 37.3 Å². The Morgan fingerprint density at radius 2 is 1.80 bits per heavy atom. The summed E-state index contributed by atoms with van der Waals surface area (Å²) in [5, 5.41) is 4.17. The van der Waals surface area contributed by atoms with Crippen molar-refractivity contribution in [1.82, 2.24) is 14.4 Å². The van der Waals surface area contributed by atoms with Crippen LogP contribution in [0.5, 0.6) is 0 Å². The van der Waals surface area contributed by atoms with E-state index in [1.165, 1.54) is 11.1 Å². The number of hydrogen-bond donors (Lipinski definition) is 1. The van der Waals surface area contributed by atoms with E-state index in [1.54, 1.807) is 0 Å². The molecule has 0 fully saturated rings. The lowest BCUT2D eigenvalue weighted by molar-refractivity contribution is 0.102. The monoisotopic (exact) mass is 406 g/mol. The second-order valence-electron chi connectivity index (χ2n) is 8.39. The predicted molar refractivity (Wildman–Crippen MR) is 126 cm³/mol. The lowest BCUT2D eigenvalue weighted by atomic mass is 10.1. The van der Waals surface area contributed by atoms with E-state index in [-0.39, 0.29) is 5.91 Å². The van der Waals surface area contributed by atoms with Gasteiger partial charge in [-0.05, 0) is 76.4 Å². The number of carbonyl (C=O) groups excluding carboxylic acids is 1. The van der Waals surface area contributed by atoms with E-state index in [9.17, 15) is 4.79 Å². The van der Waals surface area contributed by atoms with Gasteiger partial charge in [-0.3, -0.25) is 9.69 Å². The summed E-state index contributed by atoms with van der Waals surface area (Å²) >= 11 is 0. The normalized spacial score (nSPS) is 11.7. The van der Waals surface area contributed by atoms with E-state index in [4.69, 9.17) is 0 Å². The first-order valence-electron chi connectivity index (χ1n) is 10.8. The van der Waals surface area contributed by atoms with E-state index >= 15 is 0 Å². The first-order chi connectivity index (χ1) is 14.4. The van der Waals surface area contributed by atoms with Crippen molar-refractivity contribution < 1.29 is 4.79 Å². The van der Waals surface area contributed by atoms with Gasteiger partial charge in [-0.15, -0.1) is 0 Å². The minimum absolute atomic E-state index is 0.0795. The highest BCUT2D eigenvalue weighted by Crippen LogP contribution is 2.21. The molecule has 3 rings (SSSR count). The van der Waals surface area contributed by atoms with Crippen molar-refractivity contribution in [1.29, 1.82) is 0 Å². The number of anilines is 1. The standard InChI is InChI=1S/C25H34N4O/c1-6-28(19(2)3)18-20-7-9-21(10-8-20)25(30)26-23-11-12-24-22(17-23)13-14-29(24)16-15-27(4)5/h7-14,17,19H,6,15-16,18H2,1-5H3,(H,26,30). The van der Waals surface area contributed by atoms with Crippen LogP contribution in [0.3, 0.4) is 0 Å². The minimum Gasteiger partial charge on any atom is -0.346 e. The highest BCUT2D eigenvalue weighted by molar-refractivity contribution is 6.05. The molecule has 0 atom stereocenters. The lowest BCUT2D eigenvalue weighted by Crippen LogP contribution is -2.29. The number of rotatable bonds is 9. The largest absolute Gasteiger partial charge is 0.346 e. The third-order valence-electron chi connectivity index (χ3n) is 5.56. The van der Waals surface area contributed by atoms with Crippen LogP contribution in [0.4, 0.5) is 5.69 Å². The van der Waals surface area contributed by atoms with Crippen LogP contribution in [0.25, 0.3) is 10.9 Å². The van der Waals surface area contributed by atoms with Crippen LogP contribution in [0.1, 0.15) is 36.7 Å². The van der Waals surface area contributed by atoms with Crippen molar-refractivity contribution in [2.45, 2.75) is 39.9 Å². The summed E-state index contributed by atoms with van der Waals surface area (Å²) in [7, 11) is 4.16. The van der Waals surface area contributed by atoms with Crippen LogP contribution in [-0.4, -0.2) is 53.5 Å². The highest BCUT2D eigenvalue weighted by Gasteiger charge is 2.10. The number of nitrogens with zero attached hydrogens (tertiary/aromatic N) is 3. The van der Waals surface area contributed by atoms with Gasteiger partial charge in [0.25, 0.3) is 5.91 Å². The molecule has 1 N–H and O–H groups in total. The third-order valence-corrected chi connectivity index (χ3v) is 5.56. The minimum atomic E-state index is -0.0795. The van der Waals surface area contributed by atoms with Crippen molar-refractivity contribution in [3.05, 3.63) is 65.9 Å². The van der Waals surface area contributed by atoms with Gasteiger partial charge in [-0.25, -0.2) is 0 Å². The topological polar surface area (TPSA) is 40.5 Å². The molecule has 2 aromatic carbocycles. The Kier molecular flexibility index (Phi) is 7.29. The zero-order chi connectivity index (χ0) is 21.7. The van der Waals surface area contributed by atoms with Crippen molar-refractivity contribution in [2.24, 2.45) is 0 Å². The molecule has 3 aromatic rings. The number of likely N-dealkylation sites (N-methyl/N-ethyl adjacent to an activating group) is 1. The fourth-order valence-corrected chi connectivity index (χ4v) is 3.64. The molecule has 1 aromatic heterocycles. The fraction of sp³-hybridized carbons (Fsp3) is 0.400. The van der Waals surface area contributed by atoms with Gasteiger partial charge in [0.1, 0.15) is 0 Å². The highest BCUT2D eigenvalue weighted by atomic mass is 16.1. The van der Waals surface area contributed by atoms with E-state index in [0.29, 0.717) is 11.6 Å². The van der Waals surface area contributed by atoms with E-state index < -0.39 is 0 Å². The van der Waals surface area contributed by atoms with E-state index in [2.05, 4.69) is 72.9 Å². The van der Waals surface area contributed by atoms with Gasteiger partial charge >= 0.3 is 0 Å². The van der Waals surface area contributed by atoms with Gasteiger partial charge in [0.2, 0.25) is 0 Å². The van der Waals surface area contributed by atoms with E-state index in [1.807, 2.05) is 36.4 Å². The SMILES string of the molecule is CCN(Cc1ccc(C(=O)Nc2ccc3c(ccn3CCN(C)C)c2)cc1)C(C)C. The lowest BCUT2D eigenvalue weighted by Gasteiger charge is -2.24. The zero-order valence-electron chi connectivity index (χ0n) is 18.9. The molecule has 0 saturated heterocycles. The van der Waals surface area contributed by atoms with Crippen LogP contribution in [0.2, 0.25) is 0 Å². The quantitative estimate of drug-likeness (QED) is 0.561. The number of carbonyl (C=O) groups is 1. The molecule has 5 heteroatoms. The van der Waals surface area contributed by atoms with Crippen LogP contribution < -0.4 is 5.32 Å². The first kappa shape index (κ1) is 22.1. The number of fused-ring (bicyclic) bond motifs is 1. The van der Waals surface area contributed by atoms with Crippen LogP contribution >= 0.6 is 0 Å².